The minimum Gasteiger partial charge on any atom is -0.494 e. The molecule has 30 heavy (non-hydrogen) atoms. The van der Waals surface area contributed by atoms with Gasteiger partial charge in [-0.15, -0.1) is 24.8 Å². The second-order valence-electron chi connectivity index (χ2n) is 7.02. The number of ether oxygens (including phenoxy) is 2. The number of pyridine rings is 1. The number of rotatable bonds is 9. The molecule has 0 unspecified atom stereocenters. The summed E-state index contributed by atoms with van der Waals surface area (Å²) in [6, 6.07) is 11.2. The van der Waals surface area contributed by atoms with E-state index in [0.717, 1.165) is 30.8 Å². The van der Waals surface area contributed by atoms with Crippen LogP contribution in [-0.2, 0) is 11.3 Å². The van der Waals surface area contributed by atoms with Crippen LogP contribution in [0.1, 0.15) is 38.2 Å². The molecular formula is C22H31Cl2N3O3. The highest BCUT2D eigenvalue weighted by molar-refractivity contribution is 5.85. The number of hydrogen-bond acceptors (Lipinski definition) is 5. The summed E-state index contributed by atoms with van der Waals surface area (Å²) < 4.78 is 11.2. The third-order valence-electron chi connectivity index (χ3n) is 4.88. The number of carbonyl (C=O) groups is 1. The first-order chi connectivity index (χ1) is 13.7. The predicted molar refractivity (Wildman–Crippen MR) is 123 cm³/mol. The summed E-state index contributed by atoms with van der Waals surface area (Å²) in [5.41, 5.74) is 0.964. The van der Waals surface area contributed by atoms with Crippen molar-refractivity contribution < 1.29 is 14.3 Å². The maximum absolute atomic E-state index is 12.1. The zero-order valence-electron chi connectivity index (χ0n) is 17.3. The van der Waals surface area contributed by atoms with Crippen LogP contribution in [0.25, 0.3) is 0 Å². The molecule has 0 aliphatic carbocycles. The maximum atomic E-state index is 12.1. The third-order valence-corrected chi connectivity index (χ3v) is 4.88. The average molecular weight is 456 g/mol. The molecule has 3 rings (SSSR count). The van der Waals surface area contributed by atoms with Crippen molar-refractivity contribution >= 4 is 30.7 Å². The van der Waals surface area contributed by atoms with Gasteiger partial charge in [0, 0.05) is 25.2 Å². The Morgan fingerprint density at radius 1 is 1.13 bits per heavy atom. The minimum absolute atomic E-state index is 0. The van der Waals surface area contributed by atoms with Gasteiger partial charge in [-0.3, -0.25) is 4.79 Å². The molecular weight excluding hydrogens is 425 g/mol. The number of benzene rings is 1. The Morgan fingerprint density at radius 2 is 1.83 bits per heavy atom. The van der Waals surface area contributed by atoms with E-state index in [-0.39, 0.29) is 30.7 Å². The van der Waals surface area contributed by atoms with Crippen LogP contribution in [0.4, 0.5) is 0 Å². The fourth-order valence-corrected chi connectivity index (χ4v) is 3.30. The summed E-state index contributed by atoms with van der Waals surface area (Å²) in [4.78, 5) is 16.4. The molecule has 0 spiro atoms. The summed E-state index contributed by atoms with van der Waals surface area (Å²) in [7, 11) is 0. The van der Waals surface area contributed by atoms with Crippen molar-refractivity contribution in [1.29, 1.82) is 0 Å². The molecule has 2 aromatic rings. The van der Waals surface area contributed by atoms with Crippen molar-refractivity contribution in [2.75, 3.05) is 19.7 Å². The van der Waals surface area contributed by atoms with E-state index in [1.807, 2.05) is 43.3 Å². The summed E-state index contributed by atoms with van der Waals surface area (Å²) >= 11 is 0. The number of nitrogens with zero attached hydrogens (tertiary/aromatic N) is 1. The molecule has 8 heteroatoms. The summed E-state index contributed by atoms with van der Waals surface area (Å²) in [6.45, 7) is 5.20. The highest BCUT2D eigenvalue weighted by atomic mass is 35.5. The highest BCUT2D eigenvalue weighted by Gasteiger charge is 2.14. The molecule has 1 aliphatic heterocycles. The van der Waals surface area contributed by atoms with E-state index in [9.17, 15) is 4.79 Å². The molecule has 0 radical (unpaired) electrons. The second kappa shape index (κ2) is 14.1. The molecule has 166 valence electrons. The smallest absolute Gasteiger partial charge is 0.220 e. The lowest BCUT2D eigenvalue weighted by Gasteiger charge is -2.22. The monoisotopic (exact) mass is 455 g/mol. The van der Waals surface area contributed by atoms with Gasteiger partial charge in [0.25, 0.3) is 0 Å². The zero-order chi connectivity index (χ0) is 19.6. The van der Waals surface area contributed by atoms with Crippen molar-refractivity contribution in [3.63, 3.8) is 0 Å². The Hall–Kier alpha value is -2.02. The van der Waals surface area contributed by atoms with Crippen LogP contribution < -0.4 is 20.1 Å². The van der Waals surface area contributed by atoms with Gasteiger partial charge in [0.1, 0.15) is 11.5 Å². The number of nitrogens with one attached hydrogen (secondary N) is 2. The van der Waals surface area contributed by atoms with Crippen LogP contribution in [-0.4, -0.2) is 30.6 Å². The molecule has 1 amide bonds. The Kier molecular flexibility index (Phi) is 12.2. The zero-order valence-corrected chi connectivity index (χ0v) is 18.9. The molecule has 1 aromatic carbocycles. The quantitative estimate of drug-likeness (QED) is 0.581. The topological polar surface area (TPSA) is 72.5 Å². The van der Waals surface area contributed by atoms with E-state index in [2.05, 4.69) is 15.6 Å². The van der Waals surface area contributed by atoms with E-state index in [1.165, 1.54) is 12.8 Å². The average Bonchev–Trinajstić information content (AvgIpc) is 2.73. The predicted octanol–water partition coefficient (Wildman–Crippen LogP) is 4.51. The normalized spacial score (nSPS) is 13.5. The van der Waals surface area contributed by atoms with Crippen molar-refractivity contribution in [1.82, 2.24) is 15.6 Å². The van der Waals surface area contributed by atoms with Gasteiger partial charge in [0.05, 0.1) is 6.61 Å². The van der Waals surface area contributed by atoms with E-state index in [0.29, 0.717) is 37.1 Å². The molecule has 1 fully saturated rings. The number of aromatic nitrogens is 1. The van der Waals surface area contributed by atoms with E-state index < -0.39 is 0 Å². The molecule has 1 aromatic heterocycles. The first-order valence-corrected chi connectivity index (χ1v) is 10.1. The standard InChI is InChI=1S/C22H29N3O3.2ClH/c1-2-27-19-4-6-20(7-5-19)28-22-15-18(11-14-24-22)16-25-21(26)8-3-17-9-12-23-13-10-17;;/h4-7,11,14-15,17,23H,2-3,8-10,12-13,16H2,1H3,(H,25,26);2*1H. The van der Waals surface area contributed by atoms with E-state index in [1.54, 1.807) is 6.20 Å². The van der Waals surface area contributed by atoms with E-state index >= 15 is 0 Å². The molecule has 0 saturated carbocycles. The summed E-state index contributed by atoms with van der Waals surface area (Å²) in [6.07, 6.45) is 5.59. The summed E-state index contributed by atoms with van der Waals surface area (Å²) in [5, 5.41) is 6.35. The lowest BCUT2D eigenvalue weighted by Crippen LogP contribution is -2.29. The van der Waals surface area contributed by atoms with Crippen LogP contribution in [0.3, 0.4) is 0 Å². The van der Waals surface area contributed by atoms with Crippen LogP contribution in [0.5, 0.6) is 17.4 Å². The van der Waals surface area contributed by atoms with Crippen molar-refractivity contribution in [3.05, 3.63) is 48.2 Å². The number of amides is 1. The third kappa shape index (κ3) is 8.78. The van der Waals surface area contributed by atoms with Crippen LogP contribution in [0.2, 0.25) is 0 Å². The van der Waals surface area contributed by atoms with Crippen LogP contribution >= 0.6 is 24.8 Å². The highest BCUT2D eigenvalue weighted by Crippen LogP contribution is 2.23. The first-order valence-electron chi connectivity index (χ1n) is 10.1. The van der Waals surface area contributed by atoms with Crippen molar-refractivity contribution in [2.24, 2.45) is 5.92 Å². The van der Waals surface area contributed by atoms with E-state index in [4.69, 9.17) is 9.47 Å². The van der Waals surface area contributed by atoms with Gasteiger partial charge in [-0.1, -0.05) is 0 Å². The number of halogens is 2. The minimum atomic E-state index is 0. The number of carbonyl (C=O) groups excluding carboxylic acids is 1. The molecule has 1 saturated heterocycles. The Labute approximate surface area is 191 Å². The van der Waals surface area contributed by atoms with Crippen molar-refractivity contribution in [3.8, 4) is 17.4 Å². The Morgan fingerprint density at radius 3 is 2.53 bits per heavy atom. The first kappa shape index (κ1) is 26.0. The Bertz CT molecular complexity index is 754. The lowest BCUT2D eigenvalue weighted by molar-refractivity contribution is -0.121. The molecule has 6 nitrogen and oxygen atoms in total. The number of piperidine rings is 1. The van der Waals surface area contributed by atoms with Crippen LogP contribution in [0, 0.1) is 5.92 Å². The lowest BCUT2D eigenvalue weighted by atomic mass is 9.93. The number of hydrogen-bond donors (Lipinski definition) is 2. The van der Waals surface area contributed by atoms with Gasteiger partial charge in [0.2, 0.25) is 11.8 Å². The Balaban J connectivity index is 0.00000225. The fourth-order valence-electron chi connectivity index (χ4n) is 3.30. The molecule has 2 N–H and O–H groups in total. The SMILES string of the molecule is CCOc1ccc(Oc2cc(CNC(=O)CCC3CCNCC3)ccn2)cc1.Cl.Cl. The molecule has 1 aliphatic rings. The summed E-state index contributed by atoms with van der Waals surface area (Å²) in [5.74, 6) is 2.78. The maximum Gasteiger partial charge on any atom is 0.220 e. The van der Waals surface area contributed by atoms with Gasteiger partial charge in [-0.05, 0) is 81.1 Å². The second-order valence-corrected chi connectivity index (χ2v) is 7.02. The largest absolute Gasteiger partial charge is 0.494 e. The van der Waals surface area contributed by atoms with Gasteiger partial charge in [-0.2, -0.15) is 0 Å². The van der Waals surface area contributed by atoms with Gasteiger partial charge >= 0.3 is 0 Å². The van der Waals surface area contributed by atoms with Crippen LogP contribution in [0.15, 0.2) is 42.6 Å². The van der Waals surface area contributed by atoms with Gasteiger partial charge < -0.3 is 20.1 Å². The molecule has 2 heterocycles. The fraction of sp³-hybridized carbons (Fsp3) is 0.455. The van der Waals surface area contributed by atoms with Crippen molar-refractivity contribution in [2.45, 2.75) is 39.2 Å². The van der Waals surface area contributed by atoms with Gasteiger partial charge in [0.15, 0.2) is 0 Å². The van der Waals surface area contributed by atoms with Gasteiger partial charge in [-0.25, -0.2) is 4.98 Å². The molecule has 0 atom stereocenters. The molecule has 0 bridgehead atoms.